The number of piperazine rings is 1. The normalized spacial score (nSPS) is 16.3. The van der Waals surface area contributed by atoms with Crippen molar-refractivity contribution in [2.75, 3.05) is 37.7 Å². The first-order valence-corrected chi connectivity index (χ1v) is 11.5. The summed E-state index contributed by atoms with van der Waals surface area (Å²) in [7, 11) is 0. The molecule has 1 saturated heterocycles. The third kappa shape index (κ3) is 5.78. The number of ether oxygens (including phenoxy) is 1. The van der Waals surface area contributed by atoms with Crippen LogP contribution in [0.2, 0.25) is 5.02 Å². The highest BCUT2D eigenvalue weighted by atomic mass is 35.5. The number of alkyl halides is 3. The molecule has 1 fully saturated rings. The van der Waals surface area contributed by atoms with Crippen LogP contribution in [0.5, 0.6) is 0 Å². The molecule has 36 heavy (non-hydrogen) atoms. The summed E-state index contributed by atoms with van der Waals surface area (Å²) >= 11 is 6.08. The fraction of sp³-hybridized carbons (Fsp3) is 0.409. The largest absolute Gasteiger partial charge is 0.449 e. The molecule has 0 saturated carbocycles. The minimum Gasteiger partial charge on any atom is -0.449 e. The number of aromatic nitrogens is 4. The molecule has 1 atom stereocenters. The number of nitrogens with one attached hydrogen (secondary N) is 2. The molecule has 2 N–H and O–H groups in total. The first-order chi connectivity index (χ1) is 17.2. The average molecular weight is 526 g/mol. The summed E-state index contributed by atoms with van der Waals surface area (Å²) in [6.45, 7) is 0.707. The van der Waals surface area contributed by atoms with E-state index >= 15 is 0 Å². The summed E-state index contributed by atoms with van der Waals surface area (Å²) in [6.07, 6.45) is 0.0535. The predicted molar refractivity (Wildman–Crippen MR) is 126 cm³/mol. The Morgan fingerprint density at radius 1 is 1.31 bits per heavy atom. The van der Waals surface area contributed by atoms with Gasteiger partial charge in [-0.1, -0.05) is 18.5 Å². The number of H-pyrrole nitrogens is 1. The minimum absolute atomic E-state index is 0.142. The lowest BCUT2D eigenvalue weighted by molar-refractivity contribution is -0.139. The standard InChI is InChI=1S/C22H23ClF3N7O3/c1-2-7-36-21(35)32-5-6-33(16(11-32)20(34)30-12-22(24,25)26)17-3-4-27-19(31-17)15-10-29-18-14(15)8-13(23)9-28-18/h3-4,8-10,16H,2,5-7,11-12H2,1H3,(H,28,29)(H,30,34). The quantitative estimate of drug-likeness (QED) is 0.506. The number of nitrogens with zero attached hydrogens (tertiary/aromatic N) is 5. The van der Waals surface area contributed by atoms with E-state index in [0.717, 1.165) is 0 Å². The molecule has 1 unspecified atom stereocenters. The Bertz CT molecular complexity index is 1250. The molecule has 1 aliphatic rings. The van der Waals surface area contributed by atoms with Gasteiger partial charge >= 0.3 is 12.3 Å². The van der Waals surface area contributed by atoms with Crippen LogP contribution in [0.25, 0.3) is 22.4 Å². The van der Waals surface area contributed by atoms with Crippen molar-refractivity contribution in [1.29, 1.82) is 0 Å². The predicted octanol–water partition coefficient (Wildman–Crippen LogP) is 3.39. The zero-order chi connectivity index (χ0) is 25.9. The maximum Gasteiger partial charge on any atom is 0.409 e. The molecule has 2 amide bonds. The maximum absolute atomic E-state index is 12.8. The molecule has 4 heterocycles. The molecule has 3 aromatic rings. The van der Waals surface area contributed by atoms with Gasteiger partial charge in [0.1, 0.15) is 24.1 Å². The molecule has 192 valence electrons. The van der Waals surface area contributed by atoms with E-state index in [1.807, 2.05) is 12.2 Å². The van der Waals surface area contributed by atoms with E-state index in [1.54, 1.807) is 23.2 Å². The van der Waals surface area contributed by atoms with Crippen molar-refractivity contribution < 1.29 is 27.5 Å². The maximum atomic E-state index is 12.8. The lowest BCUT2D eigenvalue weighted by Gasteiger charge is -2.40. The van der Waals surface area contributed by atoms with Gasteiger partial charge in [-0.3, -0.25) is 4.79 Å². The van der Waals surface area contributed by atoms with Gasteiger partial charge < -0.3 is 24.8 Å². The van der Waals surface area contributed by atoms with E-state index in [9.17, 15) is 22.8 Å². The van der Waals surface area contributed by atoms with Gasteiger partial charge in [-0.05, 0) is 18.6 Å². The van der Waals surface area contributed by atoms with Crippen molar-refractivity contribution >= 4 is 40.5 Å². The number of pyridine rings is 1. The van der Waals surface area contributed by atoms with Gasteiger partial charge in [0, 0.05) is 42.6 Å². The summed E-state index contributed by atoms with van der Waals surface area (Å²) in [5.74, 6) is -0.260. The van der Waals surface area contributed by atoms with Gasteiger partial charge in [0.05, 0.1) is 18.2 Å². The summed E-state index contributed by atoms with van der Waals surface area (Å²) in [6, 6.07) is 2.13. The Morgan fingerprint density at radius 3 is 2.86 bits per heavy atom. The van der Waals surface area contributed by atoms with E-state index in [2.05, 4.69) is 19.9 Å². The van der Waals surface area contributed by atoms with Crippen molar-refractivity contribution in [3.05, 3.63) is 35.7 Å². The first-order valence-electron chi connectivity index (χ1n) is 11.1. The van der Waals surface area contributed by atoms with E-state index in [0.29, 0.717) is 39.7 Å². The summed E-state index contributed by atoms with van der Waals surface area (Å²) in [5.41, 5.74) is 1.19. The number of rotatable bonds is 6. The molecular formula is C22H23ClF3N7O3. The van der Waals surface area contributed by atoms with Gasteiger partial charge in [0.25, 0.3) is 0 Å². The SMILES string of the molecule is CCCOC(=O)N1CCN(c2ccnc(-c3c[nH]c4ncc(Cl)cc34)n2)C(C(=O)NCC(F)(F)F)C1. The van der Waals surface area contributed by atoms with Gasteiger partial charge in [0.2, 0.25) is 5.91 Å². The second-order valence-electron chi connectivity index (χ2n) is 8.09. The van der Waals surface area contributed by atoms with E-state index in [4.69, 9.17) is 16.3 Å². The van der Waals surface area contributed by atoms with Crippen molar-refractivity contribution in [3.63, 3.8) is 0 Å². The van der Waals surface area contributed by atoms with Crippen LogP contribution in [0.15, 0.2) is 30.7 Å². The smallest absolute Gasteiger partial charge is 0.409 e. The van der Waals surface area contributed by atoms with Crippen LogP contribution in [0.1, 0.15) is 13.3 Å². The van der Waals surface area contributed by atoms with E-state index < -0.39 is 30.8 Å². The molecule has 0 aromatic carbocycles. The van der Waals surface area contributed by atoms with Gasteiger partial charge in [-0.25, -0.2) is 19.7 Å². The molecule has 0 spiro atoms. The van der Waals surface area contributed by atoms with Crippen molar-refractivity contribution in [2.24, 2.45) is 0 Å². The second kappa shape index (κ2) is 10.6. The fourth-order valence-electron chi connectivity index (χ4n) is 3.83. The molecule has 4 rings (SSSR count). The monoisotopic (exact) mass is 525 g/mol. The van der Waals surface area contributed by atoms with Crippen molar-refractivity contribution in [3.8, 4) is 11.4 Å². The lowest BCUT2D eigenvalue weighted by atomic mass is 10.1. The minimum atomic E-state index is -4.58. The number of hydrogen-bond acceptors (Lipinski definition) is 7. The fourth-order valence-corrected chi connectivity index (χ4v) is 3.99. The number of aromatic amines is 1. The molecule has 0 radical (unpaired) electrons. The topological polar surface area (TPSA) is 116 Å². The highest BCUT2D eigenvalue weighted by Crippen LogP contribution is 2.29. The zero-order valence-corrected chi connectivity index (χ0v) is 19.9. The molecule has 0 bridgehead atoms. The van der Waals surface area contributed by atoms with Crippen LogP contribution in [0, 0.1) is 0 Å². The van der Waals surface area contributed by atoms with Crippen LogP contribution in [0.3, 0.4) is 0 Å². The molecule has 1 aliphatic heterocycles. The number of fused-ring (bicyclic) bond motifs is 1. The Morgan fingerprint density at radius 2 is 2.11 bits per heavy atom. The number of amides is 2. The van der Waals surface area contributed by atoms with Crippen LogP contribution in [0.4, 0.5) is 23.8 Å². The number of anilines is 1. The van der Waals surface area contributed by atoms with Gasteiger partial charge in [-0.2, -0.15) is 13.2 Å². The van der Waals surface area contributed by atoms with E-state index in [-0.39, 0.29) is 26.2 Å². The molecule has 3 aromatic heterocycles. The van der Waals surface area contributed by atoms with Gasteiger partial charge in [0.15, 0.2) is 5.82 Å². The molecular weight excluding hydrogens is 503 g/mol. The van der Waals surface area contributed by atoms with Crippen LogP contribution in [-0.4, -0.2) is 81.8 Å². The summed E-state index contributed by atoms with van der Waals surface area (Å²) in [4.78, 5) is 44.2. The number of carbonyl (C=O) groups excluding carboxylic acids is 2. The molecule has 10 nitrogen and oxygen atoms in total. The molecule has 14 heteroatoms. The molecule has 0 aliphatic carbocycles. The average Bonchev–Trinajstić information content (AvgIpc) is 3.28. The third-order valence-corrected chi connectivity index (χ3v) is 5.71. The van der Waals surface area contributed by atoms with Crippen molar-refractivity contribution in [2.45, 2.75) is 25.6 Å². The zero-order valence-electron chi connectivity index (χ0n) is 19.2. The summed E-state index contributed by atoms with van der Waals surface area (Å²) in [5, 5.41) is 3.02. The van der Waals surface area contributed by atoms with Crippen molar-refractivity contribution in [1.82, 2.24) is 30.2 Å². The first kappa shape index (κ1) is 25.5. The Kier molecular flexibility index (Phi) is 7.48. The summed E-state index contributed by atoms with van der Waals surface area (Å²) < 4.78 is 43.4. The second-order valence-corrected chi connectivity index (χ2v) is 8.53. The number of carbonyl (C=O) groups is 2. The highest BCUT2D eigenvalue weighted by molar-refractivity contribution is 6.31. The third-order valence-electron chi connectivity index (χ3n) is 5.51. The number of halogens is 4. The lowest BCUT2D eigenvalue weighted by Crippen LogP contribution is -2.61. The Labute approximate surface area is 208 Å². The van der Waals surface area contributed by atoms with E-state index in [1.165, 1.54) is 17.3 Å². The number of hydrogen-bond donors (Lipinski definition) is 2. The van der Waals surface area contributed by atoms with Crippen LogP contribution < -0.4 is 10.2 Å². The Hall–Kier alpha value is -3.61. The van der Waals surface area contributed by atoms with Crippen LogP contribution in [-0.2, 0) is 9.53 Å². The highest BCUT2D eigenvalue weighted by Gasteiger charge is 2.37. The van der Waals surface area contributed by atoms with Gasteiger partial charge in [-0.15, -0.1) is 0 Å². The van der Waals surface area contributed by atoms with Crippen LogP contribution >= 0.6 is 11.6 Å². The Balaban J connectivity index is 1.63.